The molecular formula is C18H17ClN4O3. The molecule has 0 spiro atoms. The molecule has 1 aromatic carbocycles. The van der Waals surface area contributed by atoms with Crippen molar-refractivity contribution in [3.05, 3.63) is 57.2 Å². The number of carbonyl (C=O) groups is 1. The Morgan fingerprint density at radius 2 is 2.08 bits per heavy atom. The van der Waals surface area contributed by atoms with Gasteiger partial charge in [0.25, 0.3) is 5.56 Å². The molecule has 0 unspecified atom stereocenters. The standard InChI is InChI=1S/C18H17ClN4O3/c1-4-12-5-6-13(15(19)7-12)18-14(9-23(22-18)26-11(3)24)16-8-17(25)21-10(2)20-16/h5-9H,4H2,1-3H3,(H,20,21,25). The second-order valence-corrected chi connectivity index (χ2v) is 6.17. The monoisotopic (exact) mass is 372 g/mol. The first kappa shape index (κ1) is 17.9. The van der Waals surface area contributed by atoms with Crippen LogP contribution in [-0.4, -0.2) is 25.9 Å². The third kappa shape index (κ3) is 3.67. The third-order valence-corrected chi connectivity index (χ3v) is 4.06. The molecular weight excluding hydrogens is 356 g/mol. The molecule has 3 aromatic rings. The van der Waals surface area contributed by atoms with Crippen molar-refractivity contribution in [2.75, 3.05) is 0 Å². The fraction of sp³-hybridized carbons (Fsp3) is 0.222. The lowest BCUT2D eigenvalue weighted by Gasteiger charge is -2.06. The van der Waals surface area contributed by atoms with Gasteiger partial charge in [0.15, 0.2) is 0 Å². The summed E-state index contributed by atoms with van der Waals surface area (Å²) in [5.41, 5.74) is 2.87. The summed E-state index contributed by atoms with van der Waals surface area (Å²) in [6, 6.07) is 7.03. The second-order valence-electron chi connectivity index (χ2n) is 5.76. The van der Waals surface area contributed by atoms with E-state index in [0.29, 0.717) is 33.4 Å². The van der Waals surface area contributed by atoms with Crippen LogP contribution in [-0.2, 0) is 11.2 Å². The average Bonchev–Trinajstić information content (AvgIpc) is 2.96. The van der Waals surface area contributed by atoms with Crippen molar-refractivity contribution in [2.45, 2.75) is 27.2 Å². The number of hydrogen-bond acceptors (Lipinski definition) is 5. The van der Waals surface area contributed by atoms with Crippen LogP contribution in [0.5, 0.6) is 0 Å². The van der Waals surface area contributed by atoms with E-state index < -0.39 is 5.97 Å². The highest BCUT2D eigenvalue weighted by Gasteiger charge is 2.19. The SMILES string of the molecule is CCc1ccc(-c2nn(OC(C)=O)cc2-c2cc(=O)[nH]c(C)n2)c(Cl)c1. The highest BCUT2D eigenvalue weighted by atomic mass is 35.5. The summed E-state index contributed by atoms with van der Waals surface area (Å²) in [4.78, 5) is 36.2. The van der Waals surface area contributed by atoms with E-state index in [4.69, 9.17) is 16.4 Å². The van der Waals surface area contributed by atoms with Gasteiger partial charge in [0.1, 0.15) is 11.5 Å². The van der Waals surface area contributed by atoms with Gasteiger partial charge in [-0.15, -0.1) is 5.10 Å². The Labute approximate surface area is 154 Å². The van der Waals surface area contributed by atoms with Gasteiger partial charge in [0.05, 0.1) is 22.5 Å². The van der Waals surface area contributed by atoms with E-state index in [2.05, 4.69) is 15.1 Å². The van der Waals surface area contributed by atoms with Crippen molar-refractivity contribution in [3.8, 4) is 22.5 Å². The summed E-state index contributed by atoms with van der Waals surface area (Å²) in [6.45, 7) is 5.00. The van der Waals surface area contributed by atoms with Gasteiger partial charge in [-0.05, 0) is 25.0 Å². The van der Waals surface area contributed by atoms with E-state index in [1.54, 1.807) is 6.92 Å². The lowest BCUT2D eigenvalue weighted by Crippen LogP contribution is -2.16. The maximum Gasteiger partial charge on any atom is 0.331 e. The molecule has 0 atom stereocenters. The Morgan fingerprint density at radius 3 is 2.69 bits per heavy atom. The first-order valence-electron chi connectivity index (χ1n) is 8.03. The Bertz CT molecular complexity index is 1040. The van der Waals surface area contributed by atoms with Gasteiger partial charge in [0.2, 0.25) is 0 Å². The highest BCUT2D eigenvalue weighted by molar-refractivity contribution is 6.33. The molecule has 0 saturated heterocycles. The van der Waals surface area contributed by atoms with Crippen LogP contribution >= 0.6 is 11.6 Å². The number of halogens is 1. The molecule has 0 aliphatic carbocycles. The fourth-order valence-corrected chi connectivity index (χ4v) is 2.90. The van der Waals surface area contributed by atoms with E-state index in [1.165, 1.54) is 19.2 Å². The molecule has 0 aliphatic rings. The average molecular weight is 373 g/mol. The molecule has 3 rings (SSSR count). The predicted octanol–water partition coefficient (Wildman–Crippen LogP) is 2.80. The minimum absolute atomic E-state index is 0.286. The summed E-state index contributed by atoms with van der Waals surface area (Å²) in [6.07, 6.45) is 2.35. The number of nitrogens with one attached hydrogen (secondary N) is 1. The number of rotatable bonds is 4. The molecule has 2 heterocycles. The van der Waals surface area contributed by atoms with Gasteiger partial charge in [-0.25, -0.2) is 9.78 Å². The van der Waals surface area contributed by atoms with Crippen LogP contribution in [0.15, 0.2) is 35.3 Å². The zero-order chi connectivity index (χ0) is 18.8. The Morgan fingerprint density at radius 1 is 1.31 bits per heavy atom. The van der Waals surface area contributed by atoms with Gasteiger partial charge in [-0.3, -0.25) is 4.79 Å². The van der Waals surface area contributed by atoms with E-state index in [-0.39, 0.29) is 5.56 Å². The number of nitrogens with zero attached hydrogens (tertiary/aromatic N) is 3. The first-order chi connectivity index (χ1) is 12.4. The van der Waals surface area contributed by atoms with Crippen LogP contribution < -0.4 is 10.4 Å². The van der Waals surface area contributed by atoms with Crippen molar-refractivity contribution < 1.29 is 9.63 Å². The van der Waals surface area contributed by atoms with E-state index in [1.807, 2.05) is 25.1 Å². The van der Waals surface area contributed by atoms with Crippen LogP contribution in [0.1, 0.15) is 25.2 Å². The maximum absolute atomic E-state index is 11.8. The van der Waals surface area contributed by atoms with Crippen molar-refractivity contribution in [1.82, 2.24) is 19.9 Å². The molecule has 1 N–H and O–H groups in total. The van der Waals surface area contributed by atoms with Crippen LogP contribution in [0.25, 0.3) is 22.5 Å². The Hall–Kier alpha value is -2.93. The smallest absolute Gasteiger partial charge is 0.320 e. The molecule has 134 valence electrons. The van der Waals surface area contributed by atoms with Crippen molar-refractivity contribution >= 4 is 17.6 Å². The number of aromatic nitrogens is 4. The summed E-state index contributed by atoms with van der Waals surface area (Å²) in [7, 11) is 0. The zero-order valence-corrected chi connectivity index (χ0v) is 15.3. The highest BCUT2D eigenvalue weighted by Crippen LogP contribution is 2.34. The van der Waals surface area contributed by atoms with E-state index >= 15 is 0 Å². The van der Waals surface area contributed by atoms with Crippen molar-refractivity contribution in [3.63, 3.8) is 0 Å². The van der Waals surface area contributed by atoms with Gasteiger partial charge in [-0.2, -0.15) is 0 Å². The third-order valence-electron chi connectivity index (χ3n) is 3.75. The van der Waals surface area contributed by atoms with Crippen molar-refractivity contribution in [2.24, 2.45) is 0 Å². The first-order valence-corrected chi connectivity index (χ1v) is 8.41. The summed E-state index contributed by atoms with van der Waals surface area (Å²) in [5.74, 6) is -0.0563. The molecule has 0 fully saturated rings. The molecule has 0 radical (unpaired) electrons. The summed E-state index contributed by atoms with van der Waals surface area (Å²) in [5, 5.41) is 4.82. The Balaban J connectivity index is 2.21. The molecule has 7 nitrogen and oxygen atoms in total. The zero-order valence-electron chi connectivity index (χ0n) is 14.5. The quantitative estimate of drug-likeness (QED) is 0.760. The summed E-state index contributed by atoms with van der Waals surface area (Å²) >= 11 is 6.43. The lowest BCUT2D eigenvalue weighted by molar-refractivity contribution is -0.143. The Kier molecular flexibility index (Phi) is 4.90. The number of carbonyl (C=O) groups excluding carboxylic acids is 1. The number of hydrogen-bond donors (Lipinski definition) is 1. The normalized spacial score (nSPS) is 10.8. The van der Waals surface area contributed by atoms with Gasteiger partial charge < -0.3 is 9.82 Å². The molecule has 0 saturated carbocycles. The topological polar surface area (TPSA) is 89.9 Å². The molecule has 26 heavy (non-hydrogen) atoms. The minimum Gasteiger partial charge on any atom is -0.320 e. The van der Waals surface area contributed by atoms with Crippen LogP contribution in [0, 0.1) is 6.92 Å². The van der Waals surface area contributed by atoms with E-state index in [0.717, 1.165) is 16.8 Å². The van der Waals surface area contributed by atoms with Crippen LogP contribution in [0.3, 0.4) is 0 Å². The molecule has 8 heteroatoms. The molecule has 0 aliphatic heterocycles. The molecule has 2 aromatic heterocycles. The predicted molar refractivity (Wildman–Crippen MR) is 97.9 cm³/mol. The summed E-state index contributed by atoms with van der Waals surface area (Å²) < 4.78 is 0. The molecule has 0 bridgehead atoms. The fourth-order valence-electron chi connectivity index (χ4n) is 2.61. The van der Waals surface area contributed by atoms with Crippen LogP contribution in [0.4, 0.5) is 0 Å². The largest absolute Gasteiger partial charge is 0.331 e. The second kappa shape index (κ2) is 7.13. The van der Waals surface area contributed by atoms with Crippen molar-refractivity contribution in [1.29, 1.82) is 0 Å². The van der Waals surface area contributed by atoms with Gasteiger partial charge >= 0.3 is 5.97 Å². The number of H-pyrrole nitrogens is 1. The minimum atomic E-state index is -0.520. The number of benzene rings is 1. The number of aromatic amines is 1. The lowest BCUT2D eigenvalue weighted by atomic mass is 10.0. The van der Waals surface area contributed by atoms with Crippen LogP contribution in [0.2, 0.25) is 5.02 Å². The van der Waals surface area contributed by atoms with Gasteiger partial charge in [0, 0.05) is 18.6 Å². The van der Waals surface area contributed by atoms with E-state index in [9.17, 15) is 9.59 Å². The molecule has 0 amide bonds. The number of aryl methyl sites for hydroxylation is 2. The maximum atomic E-state index is 11.8. The van der Waals surface area contributed by atoms with Gasteiger partial charge in [-0.1, -0.05) is 35.5 Å².